The summed E-state index contributed by atoms with van der Waals surface area (Å²) in [5.74, 6) is -0.667. The highest BCUT2D eigenvalue weighted by atomic mass is 19.4. The van der Waals surface area contributed by atoms with Crippen LogP contribution in [0.5, 0.6) is 5.75 Å². The molecule has 0 spiro atoms. The molecule has 1 amide bonds. The van der Waals surface area contributed by atoms with Gasteiger partial charge in [-0.1, -0.05) is 60.7 Å². The van der Waals surface area contributed by atoms with E-state index in [0.717, 1.165) is 37.2 Å². The zero-order valence-corrected chi connectivity index (χ0v) is 20.8. The minimum atomic E-state index is -4.89. The maximum Gasteiger partial charge on any atom is 0.573 e. The van der Waals surface area contributed by atoms with Gasteiger partial charge in [-0.15, -0.1) is 13.2 Å². The van der Waals surface area contributed by atoms with Crippen molar-refractivity contribution in [2.75, 3.05) is 37.6 Å². The first kappa shape index (κ1) is 24.6. The fraction of sp³-hybridized carbons (Fsp3) is 0.300. The summed E-state index contributed by atoms with van der Waals surface area (Å²) in [5.41, 5.74) is 3.48. The third-order valence-corrected chi connectivity index (χ3v) is 7.74. The average molecular weight is 520 g/mol. The Morgan fingerprint density at radius 1 is 0.842 bits per heavy atom. The molecular formula is C30H28F3N3O2. The lowest BCUT2D eigenvalue weighted by molar-refractivity contribution is -0.274. The maximum atomic E-state index is 13.4. The summed E-state index contributed by atoms with van der Waals surface area (Å²) in [6, 6.07) is 22.3. The number of nitrogens with zero attached hydrogens (tertiary/aromatic N) is 3. The summed E-state index contributed by atoms with van der Waals surface area (Å²) in [6.07, 6.45) is 1.14. The zero-order chi connectivity index (χ0) is 26.3. The van der Waals surface area contributed by atoms with Crippen LogP contribution in [0.1, 0.15) is 34.3 Å². The molecule has 2 fully saturated rings. The topological polar surface area (TPSA) is 36.0 Å². The van der Waals surface area contributed by atoms with Crippen molar-refractivity contribution in [2.24, 2.45) is 0 Å². The molecule has 5 nitrogen and oxygen atoms in total. The zero-order valence-electron chi connectivity index (χ0n) is 20.8. The van der Waals surface area contributed by atoms with E-state index in [0.29, 0.717) is 19.6 Å². The molecular weight excluding hydrogens is 491 g/mol. The summed E-state index contributed by atoms with van der Waals surface area (Å²) in [5, 5.41) is 0. The molecule has 0 atom stereocenters. The fourth-order valence-electron chi connectivity index (χ4n) is 5.74. The van der Waals surface area contributed by atoms with E-state index in [1.54, 1.807) is 21.9 Å². The summed E-state index contributed by atoms with van der Waals surface area (Å²) in [7, 11) is 0. The van der Waals surface area contributed by atoms with Gasteiger partial charge in [0.05, 0.1) is 5.69 Å². The predicted octanol–water partition coefficient (Wildman–Crippen LogP) is 6.20. The van der Waals surface area contributed by atoms with Crippen LogP contribution in [0, 0.1) is 0 Å². The van der Waals surface area contributed by atoms with Gasteiger partial charge in [-0.3, -0.25) is 9.69 Å². The molecule has 38 heavy (non-hydrogen) atoms. The van der Waals surface area contributed by atoms with Crippen LogP contribution >= 0.6 is 0 Å². The van der Waals surface area contributed by atoms with E-state index in [9.17, 15) is 18.0 Å². The van der Waals surface area contributed by atoms with Gasteiger partial charge in [0.2, 0.25) is 0 Å². The molecule has 1 aliphatic carbocycles. The number of hydrogen-bond donors (Lipinski definition) is 0. The van der Waals surface area contributed by atoms with Gasteiger partial charge < -0.3 is 14.5 Å². The van der Waals surface area contributed by atoms with Crippen molar-refractivity contribution in [2.45, 2.75) is 24.7 Å². The minimum absolute atomic E-state index is 0.0466. The lowest BCUT2D eigenvalue weighted by atomic mass is 10.0. The van der Waals surface area contributed by atoms with E-state index >= 15 is 0 Å². The second kappa shape index (κ2) is 9.51. The Morgan fingerprint density at radius 3 is 2.26 bits per heavy atom. The fourth-order valence-corrected chi connectivity index (χ4v) is 5.74. The number of hydrogen-bond acceptors (Lipinski definition) is 4. The number of carbonyl (C=O) groups is 1. The number of halogens is 3. The Kier molecular flexibility index (Phi) is 6.14. The Bertz CT molecular complexity index is 1360. The predicted molar refractivity (Wildman–Crippen MR) is 140 cm³/mol. The molecule has 0 N–H and O–H groups in total. The molecule has 2 aliphatic heterocycles. The summed E-state index contributed by atoms with van der Waals surface area (Å²) in [4.78, 5) is 19.3. The quantitative estimate of drug-likeness (QED) is 0.402. The first-order valence-corrected chi connectivity index (χ1v) is 12.9. The van der Waals surface area contributed by atoms with Gasteiger partial charge >= 0.3 is 6.36 Å². The first-order valence-electron chi connectivity index (χ1n) is 12.9. The third-order valence-electron chi connectivity index (χ3n) is 7.74. The SMILES string of the molecule is O=C(c1ccc(N2CC=Cc3ccccc32)c(OC(F)(F)F)c1)N1CCN(C2(c3ccccc3)CC2)CC1. The number of fused-ring (bicyclic) bond motifs is 1. The lowest BCUT2D eigenvalue weighted by Gasteiger charge is -2.40. The van der Waals surface area contributed by atoms with Crippen molar-refractivity contribution in [1.82, 2.24) is 9.80 Å². The molecule has 0 bridgehead atoms. The van der Waals surface area contributed by atoms with Crippen molar-refractivity contribution in [1.29, 1.82) is 0 Å². The second-order valence-corrected chi connectivity index (χ2v) is 9.98. The Labute approximate surface area is 219 Å². The molecule has 0 aromatic heterocycles. The highest BCUT2D eigenvalue weighted by molar-refractivity contribution is 5.96. The molecule has 1 saturated carbocycles. The van der Waals surface area contributed by atoms with Gasteiger partial charge in [-0.2, -0.15) is 0 Å². The van der Waals surface area contributed by atoms with E-state index < -0.39 is 6.36 Å². The van der Waals surface area contributed by atoms with Crippen molar-refractivity contribution < 1.29 is 22.7 Å². The van der Waals surface area contributed by atoms with Crippen molar-refractivity contribution in [3.05, 3.63) is 95.6 Å². The van der Waals surface area contributed by atoms with Gasteiger partial charge in [-0.25, -0.2) is 0 Å². The lowest BCUT2D eigenvalue weighted by Crippen LogP contribution is -2.52. The molecule has 8 heteroatoms. The van der Waals surface area contributed by atoms with Crippen LogP contribution in [0.2, 0.25) is 0 Å². The number of ether oxygens (including phenoxy) is 1. The number of piperazine rings is 1. The number of benzene rings is 3. The van der Waals surface area contributed by atoms with Crippen molar-refractivity contribution in [3.63, 3.8) is 0 Å². The van der Waals surface area contributed by atoms with E-state index in [-0.39, 0.29) is 28.4 Å². The van der Waals surface area contributed by atoms with Crippen LogP contribution in [0.4, 0.5) is 24.5 Å². The van der Waals surface area contributed by atoms with Gasteiger partial charge in [-0.05, 0) is 48.2 Å². The molecule has 1 saturated heterocycles. The summed E-state index contributed by atoms with van der Waals surface area (Å²) >= 11 is 0. The largest absolute Gasteiger partial charge is 0.573 e. The number of rotatable bonds is 5. The van der Waals surface area contributed by atoms with Gasteiger partial charge in [0, 0.05) is 49.5 Å². The molecule has 2 heterocycles. The number of alkyl halides is 3. The molecule has 196 valence electrons. The molecule has 3 aromatic rings. The van der Waals surface area contributed by atoms with E-state index in [2.05, 4.69) is 33.9 Å². The molecule has 3 aliphatic rings. The van der Waals surface area contributed by atoms with Crippen LogP contribution in [-0.4, -0.2) is 54.8 Å². The summed E-state index contributed by atoms with van der Waals surface area (Å²) < 4.78 is 44.7. The normalized spacial score (nSPS) is 18.7. The standard InChI is InChI=1S/C30H28F3N3O2/c31-30(32,33)38-27-21-23(12-13-26(27)36-16-6-8-22-7-4-5-11-25(22)36)28(37)34-17-19-35(20-18-34)29(14-15-29)24-9-2-1-3-10-24/h1-13,21H,14-20H2. The van der Waals surface area contributed by atoms with Gasteiger partial charge in [0.1, 0.15) is 0 Å². The molecule has 0 radical (unpaired) electrons. The number of para-hydroxylation sites is 1. The number of anilines is 2. The minimum Gasteiger partial charge on any atom is -0.404 e. The van der Waals surface area contributed by atoms with Crippen molar-refractivity contribution >= 4 is 23.4 Å². The maximum absolute atomic E-state index is 13.4. The Morgan fingerprint density at radius 2 is 1.55 bits per heavy atom. The van der Waals surface area contributed by atoms with Crippen LogP contribution in [0.3, 0.4) is 0 Å². The van der Waals surface area contributed by atoms with Gasteiger partial charge in [0.15, 0.2) is 5.75 Å². The highest BCUT2D eigenvalue weighted by Gasteiger charge is 2.50. The molecule has 0 unspecified atom stereocenters. The van der Waals surface area contributed by atoms with E-state index in [1.165, 1.54) is 11.6 Å². The Balaban J connectivity index is 1.22. The second-order valence-electron chi connectivity index (χ2n) is 9.98. The Hall–Kier alpha value is -3.78. The monoisotopic (exact) mass is 519 g/mol. The van der Waals surface area contributed by atoms with Crippen molar-refractivity contribution in [3.8, 4) is 5.75 Å². The van der Waals surface area contributed by atoms with E-state index in [4.69, 9.17) is 0 Å². The average Bonchev–Trinajstić information content (AvgIpc) is 3.74. The van der Waals surface area contributed by atoms with Gasteiger partial charge in [0.25, 0.3) is 5.91 Å². The number of carbonyl (C=O) groups excluding carboxylic acids is 1. The van der Waals surface area contributed by atoms with Crippen LogP contribution in [0.15, 0.2) is 78.9 Å². The van der Waals surface area contributed by atoms with Crippen LogP contribution < -0.4 is 9.64 Å². The molecule has 6 rings (SSSR count). The number of amides is 1. The van der Waals surface area contributed by atoms with Crippen LogP contribution in [-0.2, 0) is 5.54 Å². The summed E-state index contributed by atoms with van der Waals surface area (Å²) in [6.45, 7) is 2.89. The first-order chi connectivity index (χ1) is 18.3. The van der Waals surface area contributed by atoms with E-state index in [1.807, 2.05) is 42.5 Å². The van der Waals surface area contributed by atoms with Crippen LogP contribution in [0.25, 0.3) is 6.08 Å². The third kappa shape index (κ3) is 4.65. The molecule has 3 aromatic carbocycles. The highest BCUT2D eigenvalue weighted by Crippen LogP contribution is 2.51. The smallest absolute Gasteiger partial charge is 0.404 e.